The van der Waals surface area contributed by atoms with Crippen LogP contribution in [-0.4, -0.2) is 29.5 Å². The first-order chi connectivity index (χ1) is 15.3. The molecule has 0 N–H and O–H groups in total. The largest absolute Gasteiger partial charge is 0.307 e. The molecule has 9 heteroatoms. The zero-order valence-corrected chi connectivity index (χ0v) is 19.3. The monoisotopic (exact) mass is 482 g/mol. The van der Waals surface area contributed by atoms with Crippen LogP contribution in [0.15, 0.2) is 98.1 Å². The Hall–Kier alpha value is -2.77. The van der Waals surface area contributed by atoms with E-state index in [1.165, 1.54) is 21.5 Å². The summed E-state index contributed by atoms with van der Waals surface area (Å²) in [6, 6.07) is 25.1. The van der Waals surface area contributed by atoms with Gasteiger partial charge in [-0.2, -0.15) is 0 Å². The molecule has 0 atom stereocenters. The quantitative estimate of drug-likeness (QED) is 0.236. The van der Waals surface area contributed by atoms with E-state index in [0.29, 0.717) is 0 Å². The fourth-order valence-corrected chi connectivity index (χ4v) is 3.23. The van der Waals surface area contributed by atoms with Gasteiger partial charge in [0.2, 0.25) is 0 Å². The fourth-order valence-electron chi connectivity index (χ4n) is 3.23. The molecule has 0 spiro atoms. The number of hydrogen-bond acceptors (Lipinski definition) is 4. The van der Waals surface area contributed by atoms with Gasteiger partial charge < -0.3 is 9.13 Å². The average Bonchev–Trinajstić information content (AvgIpc) is 3.60. The third kappa shape index (κ3) is 5.29. The van der Waals surface area contributed by atoms with Crippen LogP contribution in [0, 0.1) is 0 Å². The van der Waals surface area contributed by atoms with Gasteiger partial charge in [0.25, 0.3) is 0 Å². The molecule has 2 aromatic heterocycles. The molecular weight excluding hydrogens is 467 g/mol. The number of rotatable bonds is 2. The van der Waals surface area contributed by atoms with Crippen molar-refractivity contribution in [3.8, 4) is 11.4 Å². The van der Waals surface area contributed by atoms with Gasteiger partial charge >= 0.3 is 35.6 Å². The number of fused-ring (bicyclic) bond motifs is 2. The van der Waals surface area contributed by atoms with E-state index in [4.69, 9.17) is 18.6 Å². The van der Waals surface area contributed by atoms with E-state index in [2.05, 4.69) is 68.9 Å². The Morgan fingerprint density at radius 2 is 0.968 bits per heavy atom. The molecule has 0 aliphatic heterocycles. The normalized spacial score (nSPS) is 10.3. The van der Waals surface area contributed by atoms with Crippen LogP contribution in [0.5, 0.6) is 0 Å². The molecule has 0 amide bonds. The van der Waals surface area contributed by atoms with Crippen molar-refractivity contribution in [2.45, 2.75) is 0 Å². The molecule has 0 saturated heterocycles. The van der Waals surface area contributed by atoms with Crippen molar-refractivity contribution in [1.82, 2.24) is 29.5 Å². The van der Waals surface area contributed by atoms with Crippen LogP contribution in [0.2, 0.25) is 0 Å². The first-order valence-corrected chi connectivity index (χ1v) is 13.6. The second kappa shape index (κ2) is 10.5. The maximum Gasteiger partial charge on any atom is 0.122 e. The van der Waals surface area contributed by atoms with Gasteiger partial charge in [-0.25, -0.2) is 0 Å². The molecule has 4 aromatic carbocycles. The minimum atomic E-state index is -0.556. The van der Waals surface area contributed by atoms with Crippen LogP contribution in [0.3, 0.4) is 0 Å². The Bertz CT molecular complexity index is 1170. The molecule has 154 valence electrons. The smallest absolute Gasteiger partial charge is 0.122 e. The molecule has 31 heavy (non-hydrogen) atoms. The van der Waals surface area contributed by atoms with E-state index in [0.717, 1.165) is 11.4 Å². The predicted octanol–water partition coefficient (Wildman–Crippen LogP) is 5.66. The molecule has 0 aliphatic rings. The molecule has 0 aliphatic carbocycles. The minimum absolute atomic E-state index is 0.556. The van der Waals surface area contributed by atoms with E-state index < -0.39 is 17.0 Å². The molecule has 0 radical (unpaired) electrons. The van der Waals surface area contributed by atoms with Gasteiger partial charge in [0.15, 0.2) is 0 Å². The van der Waals surface area contributed by atoms with Crippen molar-refractivity contribution in [3.05, 3.63) is 98.1 Å². The summed E-state index contributed by atoms with van der Waals surface area (Å²) in [7, 11) is 9.78. The number of hydrogen-bond donors (Lipinski definition) is 0. The van der Waals surface area contributed by atoms with Gasteiger partial charge in [-0.1, -0.05) is 12.1 Å². The summed E-state index contributed by atoms with van der Waals surface area (Å²) in [6.07, 6.45) is 6.81. The summed E-state index contributed by atoms with van der Waals surface area (Å²) in [5.41, 5.74) is 2.22. The number of halogens is 2. The maximum atomic E-state index is 4.89. The number of aromatic nitrogens is 6. The summed E-state index contributed by atoms with van der Waals surface area (Å²) in [5.74, 6) is 0. The van der Waals surface area contributed by atoms with Crippen LogP contribution < -0.4 is 0 Å². The standard InChI is InChI=1S/2C11H8N3.2ClH.Ti/c2*1-2-4-10-6-11(5-9(10)3-1)14-7-12-13-8-14;;;/h2*1-8H;2*1H;/q2*-1;;;+2/p-2. The van der Waals surface area contributed by atoms with Gasteiger partial charge in [-0.3, -0.25) is 0 Å². The van der Waals surface area contributed by atoms with Gasteiger partial charge in [0.05, 0.1) is 0 Å². The summed E-state index contributed by atoms with van der Waals surface area (Å²) >= 11 is -0.556. The van der Waals surface area contributed by atoms with Crippen LogP contribution in [0.1, 0.15) is 0 Å². The van der Waals surface area contributed by atoms with Gasteiger partial charge in [-0.05, 0) is 11.4 Å². The van der Waals surface area contributed by atoms with Crippen molar-refractivity contribution in [1.29, 1.82) is 0 Å². The maximum absolute atomic E-state index is 4.89. The summed E-state index contributed by atoms with van der Waals surface area (Å²) in [6.45, 7) is 0. The fraction of sp³-hybridized carbons (Fsp3) is 0. The van der Waals surface area contributed by atoms with E-state index in [1.54, 1.807) is 25.3 Å². The topological polar surface area (TPSA) is 61.4 Å². The average molecular weight is 483 g/mol. The van der Waals surface area contributed by atoms with Crippen molar-refractivity contribution in [2.75, 3.05) is 0 Å². The Labute approximate surface area is 195 Å². The molecule has 0 unspecified atom stereocenters. The summed E-state index contributed by atoms with van der Waals surface area (Å²) in [5, 5.41) is 20.1. The molecule has 0 saturated carbocycles. The summed E-state index contributed by atoms with van der Waals surface area (Å²) in [4.78, 5) is 0. The van der Waals surface area contributed by atoms with Crippen molar-refractivity contribution in [2.24, 2.45) is 0 Å². The minimum Gasteiger partial charge on any atom is -0.307 e. The molecule has 6 rings (SSSR count). The van der Waals surface area contributed by atoms with E-state index in [1.807, 2.05) is 33.4 Å². The van der Waals surface area contributed by atoms with Gasteiger partial charge in [0.1, 0.15) is 25.3 Å². The Kier molecular flexibility index (Phi) is 7.28. The van der Waals surface area contributed by atoms with Crippen LogP contribution in [0.4, 0.5) is 0 Å². The molecular formula is C22H16Cl2N6Ti-2. The number of benzene rings is 2. The van der Waals surface area contributed by atoms with E-state index in [9.17, 15) is 0 Å². The molecule has 2 heterocycles. The van der Waals surface area contributed by atoms with Crippen molar-refractivity contribution in [3.63, 3.8) is 0 Å². The van der Waals surface area contributed by atoms with E-state index in [-0.39, 0.29) is 0 Å². The SMILES string of the molecule is [Cl][Ti][Cl].c1ccc2[cH-]c(-n3cnnc3)cc2c1.c1ccc2[cH-]c(-n3cnnc3)cc2c1. The first kappa shape index (κ1) is 21.5. The third-order valence-electron chi connectivity index (χ3n) is 4.64. The Morgan fingerprint density at radius 3 is 1.32 bits per heavy atom. The third-order valence-corrected chi connectivity index (χ3v) is 4.64. The Morgan fingerprint density at radius 1 is 0.613 bits per heavy atom. The second-order valence-electron chi connectivity index (χ2n) is 6.49. The molecule has 0 bridgehead atoms. The second-order valence-corrected chi connectivity index (χ2v) is 9.07. The van der Waals surface area contributed by atoms with Crippen LogP contribution >= 0.6 is 18.6 Å². The van der Waals surface area contributed by atoms with E-state index >= 15 is 0 Å². The Balaban J connectivity index is 0.000000133. The van der Waals surface area contributed by atoms with Crippen molar-refractivity contribution < 1.29 is 17.0 Å². The first-order valence-electron chi connectivity index (χ1n) is 9.25. The predicted molar refractivity (Wildman–Crippen MR) is 121 cm³/mol. The number of nitrogens with zero attached hydrogens (tertiary/aromatic N) is 6. The molecule has 6 nitrogen and oxygen atoms in total. The molecule has 0 fully saturated rings. The summed E-state index contributed by atoms with van der Waals surface area (Å²) < 4.78 is 3.81. The van der Waals surface area contributed by atoms with Gasteiger partial charge in [0, 0.05) is 0 Å². The zero-order valence-electron chi connectivity index (χ0n) is 16.2. The molecule has 6 aromatic rings. The van der Waals surface area contributed by atoms with Crippen molar-refractivity contribution >= 4 is 40.2 Å². The van der Waals surface area contributed by atoms with Gasteiger partial charge in [-0.15, -0.1) is 103 Å². The zero-order chi connectivity index (χ0) is 21.5. The van der Waals surface area contributed by atoms with Crippen LogP contribution in [-0.2, 0) is 17.0 Å². The van der Waals surface area contributed by atoms with Crippen LogP contribution in [0.25, 0.3) is 32.9 Å².